The van der Waals surface area contributed by atoms with Crippen molar-refractivity contribution >= 4 is 21.7 Å². The van der Waals surface area contributed by atoms with Gasteiger partial charge in [-0.3, -0.25) is 4.72 Å². The summed E-state index contributed by atoms with van der Waals surface area (Å²) in [5.41, 5.74) is -2.38. The van der Waals surface area contributed by atoms with Gasteiger partial charge in [0.2, 0.25) is 0 Å². The molecule has 3 N–H and O–H groups in total. The van der Waals surface area contributed by atoms with Crippen molar-refractivity contribution in [3.63, 3.8) is 0 Å². The molecule has 0 spiro atoms. The summed E-state index contributed by atoms with van der Waals surface area (Å²) in [4.78, 5) is 8.80. The zero-order valence-electron chi connectivity index (χ0n) is 12.7. The third-order valence-corrected chi connectivity index (χ3v) is 4.54. The number of nitrogens with one attached hydrogen (secondary N) is 1. The van der Waals surface area contributed by atoms with Crippen LogP contribution in [0.15, 0.2) is 23.1 Å². The molecule has 0 aliphatic heterocycles. The molecule has 0 heterocycles. The normalized spacial score (nSPS) is 11.3. The number of sulfonamides is 1. The van der Waals surface area contributed by atoms with Crippen LogP contribution in [0.3, 0.4) is 0 Å². The van der Waals surface area contributed by atoms with E-state index in [1.807, 2.05) is 0 Å². The van der Waals surface area contributed by atoms with E-state index in [9.17, 15) is 35.9 Å². The summed E-state index contributed by atoms with van der Waals surface area (Å²) in [5, 5.41) is 18.3. The summed E-state index contributed by atoms with van der Waals surface area (Å²) < 4.78 is 85.5. The number of carboxylic acid groups (broad SMARTS) is 1. The first kappa shape index (κ1) is 19.3. The number of hydrogen-bond donors (Lipinski definition) is 3. The number of halogens is 4. The van der Waals surface area contributed by atoms with Crippen molar-refractivity contribution in [3.05, 3.63) is 47.0 Å². The van der Waals surface area contributed by atoms with Gasteiger partial charge < -0.3 is 14.9 Å². The molecule has 12 heteroatoms. The first-order valence-electron chi connectivity index (χ1n) is 6.50. The Morgan fingerprint density at radius 1 is 1.08 bits per heavy atom. The standard InChI is InChI=1S/C14H9F4NO6S/c1-25-7-3-2-5(4-6(7)20)19-26(23,24)13-10(16)8(14(21)22)9(15)11(17)12(13)18/h2-4,19-20H,1H3,(H,21,22). The molecule has 0 fully saturated rings. The monoisotopic (exact) mass is 395 g/mol. The fourth-order valence-corrected chi connectivity index (χ4v) is 3.20. The zero-order chi connectivity index (χ0) is 19.8. The SMILES string of the molecule is COc1ccc(NS(=O)(=O)c2c(F)c(F)c(F)c(C(=O)O)c2F)cc1O. The average Bonchev–Trinajstić information content (AvgIpc) is 2.52. The first-order chi connectivity index (χ1) is 12.0. The Balaban J connectivity index is 2.63. The van der Waals surface area contributed by atoms with Crippen LogP contribution in [0, 0.1) is 23.3 Å². The van der Waals surface area contributed by atoms with Crippen molar-refractivity contribution in [2.24, 2.45) is 0 Å². The summed E-state index contributed by atoms with van der Waals surface area (Å²) in [6.07, 6.45) is 0. The maximum Gasteiger partial charge on any atom is 0.341 e. The van der Waals surface area contributed by atoms with Crippen LogP contribution < -0.4 is 9.46 Å². The lowest BCUT2D eigenvalue weighted by molar-refractivity contribution is 0.0683. The number of phenolic OH excluding ortho intramolecular Hbond substituents is 1. The highest BCUT2D eigenvalue weighted by atomic mass is 32.2. The van der Waals surface area contributed by atoms with Gasteiger partial charge in [-0.1, -0.05) is 0 Å². The number of rotatable bonds is 5. The molecule has 0 aromatic heterocycles. The summed E-state index contributed by atoms with van der Waals surface area (Å²) in [6.45, 7) is 0. The van der Waals surface area contributed by atoms with Crippen LogP contribution in [0.2, 0.25) is 0 Å². The lowest BCUT2D eigenvalue weighted by atomic mass is 10.2. The minimum absolute atomic E-state index is 0.0497. The van der Waals surface area contributed by atoms with E-state index in [1.54, 1.807) is 4.72 Å². The predicted molar refractivity (Wildman–Crippen MR) is 78.7 cm³/mol. The second kappa shape index (κ2) is 6.71. The smallest absolute Gasteiger partial charge is 0.341 e. The van der Waals surface area contributed by atoms with E-state index in [4.69, 9.17) is 9.84 Å². The Hall–Kier alpha value is -3.02. The highest BCUT2D eigenvalue weighted by molar-refractivity contribution is 7.92. The van der Waals surface area contributed by atoms with E-state index >= 15 is 0 Å². The van der Waals surface area contributed by atoms with Crippen LogP contribution in [-0.4, -0.2) is 31.7 Å². The van der Waals surface area contributed by atoms with Crippen molar-refractivity contribution in [1.82, 2.24) is 0 Å². The highest BCUT2D eigenvalue weighted by Crippen LogP contribution is 2.32. The molecule has 140 valence electrons. The first-order valence-corrected chi connectivity index (χ1v) is 7.98. The quantitative estimate of drug-likeness (QED) is 0.407. The van der Waals surface area contributed by atoms with Gasteiger partial charge in [-0.15, -0.1) is 0 Å². The molecule has 0 saturated heterocycles. The molecule has 2 aromatic rings. The maximum atomic E-state index is 14.1. The number of phenols is 1. The Labute approximate surface area is 143 Å². The third-order valence-electron chi connectivity index (χ3n) is 3.14. The number of anilines is 1. The highest BCUT2D eigenvalue weighted by Gasteiger charge is 2.35. The van der Waals surface area contributed by atoms with Gasteiger partial charge in [0.1, 0.15) is 5.56 Å². The molecule has 2 aromatic carbocycles. The number of aromatic hydroxyl groups is 1. The second-order valence-corrected chi connectivity index (χ2v) is 6.38. The van der Waals surface area contributed by atoms with Gasteiger partial charge in [-0.2, -0.15) is 0 Å². The molecular formula is C14H9F4NO6S. The van der Waals surface area contributed by atoms with Gasteiger partial charge in [0.05, 0.1) is 12.8 Å². The van der Waals surface area contributed by atoms with E-state index in [-0.39, 0.29) is 5.75 Å². The van der Waals surface area contributed by atoms with Crippen molar-refractivity contribution in [1.29, 1.82) is 0 Å². The number of benzene rings is 2. The zero-order valence-corrected chi connectivity index (χ0v) is 13.5. The average molecular weight is 395 g/mol. The van der Waals surface area contributed by atoms with Crippen LogP contribution in [-0.2, 0) is 10.0 Å². The fraction of sp³-hybridized carbons (Fsp3) is 0.0714. The van der Waals surface area contributed by atoms with E-state index in [0.717, 1.165) is 18.2 Å². The molecule has 26 heavy (non-hydrogen) atoms. The Morgan fingerprint density at radius 2 is 1.69 bits per heavy atom. The molecule has 0 unspecified atom stereocenters. The summed E-state index contributed by atoms with van der Waals surface area (Å²) in [5.74, 6) is -12.5. The number of methoxy groups -OCH3 is 1. The maximum absolute atomic E-state index is 14.1. The number of carboxylic acids is 1. The van der Waals surface area contributed by atoms with Gasteiger partial charge in [-0.25, -0.2) is 30.8 Å². The second-order valence-electron chi connectivity index (χ2n) is 4.76. The van der Waals surface area contributed by atoms with Gasteiger partial charge >= 0.3 is 5.97 Å². The van der Waals surface area contributed by atoms with E-state index in [2.05, 4.69) is 0 Å². The summed E-state index contributed by atoms with van der Waals surface area (Å²) in [6, 6.07) is 2.95. The molecule has 0 atom stereocenters. The van der Waals surface area contributed by atoms with Crippen molar-refractivity contribution in [3.8, 4) is 11.5 Å². The lowest BCUT2D eigenvalue weighted by Gasteiger charge is -2.13. The number of hydrogen-bond acceptors (Lipinski definition) is 5. The van der Waals surface area contributed by atoms with Crippen LogP contribution in [0.25, 0.3) is 0 Å². The number of carbonyl (C=O) groups is 1. The topological polar surface area (TPSA) is 113 Å². The Bertz CT molecular complexity index is 1010. The van der Waals surface area contributed by atoms with Crippen LogP contribution >= 0.6 is 0 Å². The number of aromatic carboxylic acids is 1. The summed E-state index contributed by atoms with van der Waals surface area (Å²) >= 11 is 0. The van der Waals surface area contributed by atoms with Crippen molar-refractivity contribution in [2.45, 2.75) is 4.90 Å². The molecule has 0 saturated carbocycles. The lowest BCUT2D eigenvalue weighted by Crippen LogP contribution is -2.21. The molecule has 7 nitrogen and oxygen atoms in total. The minimum atomic E-state index is -5.23. The molecule has 0 radical (unpaired) electrons. The predicted octanol–water partition coefficient (Wildman–Crippen LogP) is 2.46. The molecule has 0 bridgehead atoms. The van der Waals surface area contributed by atoms with Crippen molar-refractivity contribution < 1.29 is 45.7 Å². The molecule has 0 aliphatic carbocycles. The van der Waals surface area contributed by atoms with Gasteiger partial charge in [-0.05, 0) is 12.1 Å². The van der Waals surface area contributed by atoms with E-state index < -0.39 is 61.2 Å². The van der Waals surface area contributed by atoms with Crippen LogP contribution in [0.1, 0.15) is 10.4 Å². The van der Waals surface area contributed by atoms with Crippen LogP contribution in [0.4, 0.5) is 23.2 Å². The Kier molecular flexibility index (Phi) is 4.98. The van der Waals surface area contributed by atoms with Gasteiger partial charge in [0.25, 0.3) is 10.0 Å². The van der Waals surface area contributed by atoms with Crippen molar-refractivity contribution in [2.75, 3.05) is 11.8 Å². The molecular weight excluding hydrogens is 386 g/mol. The Morgan fingerprint density at radius 3 is 2.19 bits per heavy atom. The van der Waals surface area contributed by atoms with Crippen LogP contribution in [0.5, 0.6) is 11.5 Å². The molecule has 2 rings (SSSR count). The largest absolute Gasteiger partial charge is 0.504 e. The molecule has 0 aliphatic rings. The molecule has 0 amide bonds. The summed E-state index contributed by atoms with van der Waals surface area (Å²) in [7, 11) is -4.02. The van der Waals surface area contributed by atoms with Gasteiger partial charge in [0, 0.05) is 6.07 Å². The third kappa shape index (κ3) is 3.22. The van der Waals surface area contributed by atoms with E-state index in [1.165, 1.54) is 7.11 Å². The minimum Gasteiger partial charge on any atom is -0.504 e. The van der Waals surface area contributed by atoms with E-state index in [0.29, 0.717) is 0 Å². The van der Waals surface area contributed by atoms with Gasteiger partial charge in [0.15, 0.2) is 39.7 Å². The fourth-order valence-electron chi connectivity index (χ4n) is 2.00. The number of ether oxygens (including phenoxy) is 1.